The molecule has 0 amide bonds. The van der Waals surface area contributed by atoms with Crippen LogP contribution in [0.1, 0.15) is 31.8 Å². The van der Waals surface area contributed by atoms with E-state index in [1.54, 1.807) is 11.3 Å². The maximum Gasteiger partial charge on any atom is 0.0941 e. The van der Waals surface area contributed by atoms with E-state index in [-0.39, 0.29) is 11.5 Å². The summed E-state index contributed by atoms with van der Waals surface area (Å²) in [4.78, 5) is 1.02. The van der Waals surface area contributed by atoms with Crippen LogP contribution in [0.3, 0.4) is 0 Å². The molecule has 0 aliphatic rings. The summed E-state index contributed by atoms with van der Waals surface area (Å²) in [5, 5.41) is 11.9. The zero-order valence-electron chi connectivity index (χ0n) is 7.47. The number of hydrogen-bond acceptors (Lipinski definition) is 2. The fourth-order valence-corrected chi connectivity index (χ4v) is 2.71. The van der Waals surface area contributed by atoms with Gasteiger partial charge in [0, 0.05) is 9.35 Å². The van der Waals surface area contributed by atoms with Crippen molar-refractivity contribution in [3.63, 3.8) is 0 Å². The second kappa shape index (κ2) is 3.48. The summed E-state index contributed by atoms with van der Waals surface area (Å²) in [5.74, 6) is 0. The monoisotopic (exact) mass is 248 g/mol. The molecule has 68 valence electrons. The minimum absolute atomic E-state index is 0.0899. The van der Waals surface area contributed by atoms with E-state index in [0.717, 1.165) is 9.35 Å². The number of aliphatic hydroxyl groups excluding tert-OH is 1. The second-order valence-electron chi connectivity index (χ2n) is 3.90. The quantitative estimate of drug-likeness (QED) is 0.806. The van der Waals surface area contributed by atoms with Crippen LogP contribution in [0.15, 0.2) is 15.9 Å². The Labute approximate surface area is 85.6 Å². The van der Waals surface area contributed by atoms with Crippen molar-refractivity contribution in [2.45, 2.75) is 26.9 Å². The zero-order chi connectivity index (χ0) is 9.35. The van der Waals surface area contributed by atoms with Crippen molar-refractivity contribution in [2.75, 3.05) is 0 Å². The van der Waals surface area contributed by atoms with Crippen molar-refractivity contribution in [1.29, 1.82) is 0 Å². The molecule has 3 heteroatoms. The largest absolute Gasteiger partial charge is 0.387 e. The smallest absolute Gasteiger partial charge is 0.0941 e. The van der Waals surface area contributed by atoms with Crippen LogP contribution in [0.5, 0.6) is 0 Å². The average molecular weight is 249 g/mol. The minimum atomic E-state index is -0.383. The molecule has 1 atom stereocenters. The van der Waals surface area contributed by atoms with Crippen molar-refractivity contribution in [2.24, 2.45) is 5.41 Å². The van der Waals surface area contributed by atoms with Crippen molar-refractivity contribution >= 4 is 27.3 Å². The van der Waals surface area contributed by atoms with Gasteiger partial charge in [0.25, 0.3) is 0 Å². The number of aliphatic hydroxyl groups is 1. The average Bonchev–Trinajstić information content (AvgIpc) is 2.31. The van der Waals surface area contributed by atoms with Gasteiger partial charge in [0.15, 0.2) is 0 Å². The van der Waals surface area contributed by atoms with Gasteiger partial charge in [-0.15, -0.1) is 11.3 Å². The molecule has 1 N–H and O–H groups in total. The Bertz CT molecular complexity index is 262. The molecular weight excluding hydrogens is 236 g/mol. The van der Waals surface area contributed by atoms with E-state index in [2.05, 4.69) is 15.9 Å². The molecule has 12 heavy (non-hydrogen) atoms. The van der Waals surface area contributed by atoms with Crippen molar-refractivity contribution in [3.05, 3.63) is 20.8 Å². The normalized spacial score (nSPS) is 14.8. The lowest BCUT2D eigenvalue weighted by Gasteiger charge is -2.25. The molecular formula is C9H13BrOS. The van der Waals surface area contributed by atoms with E-state index < -0.39 is 0 Å². The first-order valence-electron chi connectivity index (χ1n) is 3.84. The van der Waals surface area contributed by atoms with Crippen LogP contribution in [-0.4, -0.2) is 5.11 Å². The van der Waals surface area contributed by atoms with Gasteiger partial charge in [-0.05, 0) is 32.8 Å². The van der Waals surface area contributed by atoms with E-state index in [9.17, 15) is 5.11 Å². The fraction of sp³-hybridized carbons (Fsp3) is 0.556. The Morgan fingerprint density at radius 3 is 2.42 bits per heavy atom. The molecule has 1 aromatic heterocycles. The molecule has 0 radical (unpaired) electrons. The third-order valence-electron chi connectivity index (χ3n) is 1.71. The lowest BCUT2D eigenvalue weighted by molar-refractivity contribution is 0.0653. The first kappa shape index (κ1) is 10.2. The van der Waals surface area contributed by atoms with Crippen molar-refractivity contribution < 1.29 is 5.11 Å². The molecule has 1 rings (SSSR count). The van der Waals surface area contributed by atoms with Gasteiger partial charge < -0.3 is 5.11 Å². The maximum absolute atomic E-state index is 9.91. The summed E-state index contributed by atoms with van der Waals surface area (Å²) in [6.07, 6.45) is -0.383. The van der Waals surface area contributed by atoms with Gasteiger partial charge in [-0.25, -0.2) is 0 Å². The molecule has 0 aromatic carbocycles. The first-order chi connectivity index (χ1) is 5.43. The first-order valence-corrected chi connectivity index (χ1v) is 5.51. The van der Waals surface area contributed by atoms with Gasteiger partial charge >= 0.3 is 0 Å². The molecule has 1 aromatic rings. The van der Waals surface area contributed by atoms with Crippen molar-refractivity contribution in [1.82, 2.24) is 0 Å². The van der Waals surface area contributed by atoms with Crippen LogP contribution < -0.4 is 0 Å². The minimum Gasteiger partial charge on any atom is -0.387 e. The standard InChI is InChI=1S/C9H13BrOS/c1-9(2,3)8(11)7-6(10)4-5-12-7/h4-5,8,11H,1-3H3. The van der Waals surface area contributed by atoms with Crippen LogP contribution in [0.2, 0.25) is 0 Å². The fourth-order valence-electron chi connectivity index (χ4n) is 0.894. The van der Waals surface area contributed by atoms with Gasteiger partial charge in [0.2, 0.25) is 0 Å². The number of hydrogen-bond donors (Lipinski definition) is 1. The highest BCUT2D eigenvalue weighted by atomic mass is 79.9. The number of rotatable bonds is 1. The van der Waals surface area contributed by atoms with E-state index in [1.165, 1.54) is 0 Å². The molecule has 1 nitrogen and oxygen atoms in total. The number of thiophene rings is 1. The molecule has 0 bridgehead atoms. The van der Waals surface area contributed by atoms with Gasteiger partial charge in [0.1, 0.15) is 0 Å². The topological polar surface area (TPSA) is 20.2 Å². The lowest BCUT2D eigenvalue weighted by Crippen LogP contribution is -2.16. The van der Waals surface area contributed by atoms with E-state index in [0.29, 0.717) is 0 Å². The van der Waals surface area contributed by atoms with Crippen LogP contribution in [0.25, 0.3) is 0 Å². The summed E-state index contributed by atoms with van der Waals surface area (Å²) in [6, 6.07) is 1.97. The second-order valence-corrected chi connectivity index (χ2v) is 5.70. The molecule has 1 heterocycles. The Kier molecular flexibility index (Phi) is 2.97. The highest BCUT2D eigenvalue weighted by Crippen LogP contribution is 2.39. The van der Waals surface area contributed by atoms with E-state index in [1.807, 2.05) is 32.2 Å². The summed E-state index contributed by atoms with van der Waals surface area (Å²) in [7, 11) is 0. The maximum atomic E-state index is 9.91. The molecule has 0 aliphatic carbocycles. The Morgan fingerprint density at radius 2 is 2.08 bits per heavy atom. The summed E-state index contributed by atoms with van der Waals surface area (Å²) < 4.78 is 1.01. The highest BCUT2D eigenvalue weighted by molar-refractivity contribution is 9.10. The third-order valence-corrected chi connectivity index (χ3v) is 3.64. The van der Waals surface area contributed by atoms with Crippen LogP contribution in [0, 0.1) is 5.41 Å². The predicted octanol–water partition coefficient (Wildman–Crippen LogP) is 3.59. The molecule has 0 spiro atoms. The molecule has 0 saturated heterocycles. The van der Waals surface area contributed by atoms with Gasteiger partial charge in [0.05, 0.1) is 6.10 Å². The Morgan fingerprint density at radius 1 is 1.50 bits per heavy atom. The highest BCUT2D eigenvalue weighted by Gasteiger charge is 2.26. The van der Waals surface area contributed by atoms with Crippen LogP contribution in [-0.2, 0) is 0 Å². The predicted molar refractivity (Wildman–Crippen MR) is 56.4 cm³/mol. The zero-order valence-corrected chi connectivity index (χ0v) is 9.87. The lowest BCUT2D eigenvalue weighted by atomic mass is 9.88. The summed E-state index contributed by atoms with van der Waals surface area (Å²) in [6.45, 7) is 6.09. The summed E-state index contributed by atoms with van der Waals surface area (Å²) in [5.41, 5.74) is -0.0899. The third kappa shape index (κ3) is 2.09. The molecule has 0 saturated carbocycles. The molecule has 0 fully saturated rings. The van der Waals surface area contributed by atoms with Crippen molar-refractivity contribution in [3.8, 4) is 0 Å². The molecule has 1 unspecified atom stereocenters. The van der Waals surface area contributed by atoms with E-state index >= 15 is 0 Å². The van der Waals surface area contributed by atoms with Crippen LogP contribution >= 0.6 is 27.3 Å². The van der Waals surface area contributed by atoms with Crippen LogP contribution in [0.4, 0.5) is 0 Å². The van der Waals surface area contributed by atoms with Gasteiger partial charge in [-0.3, -0.25) is 0 Å². The van der Waals surface area contributed by atoms with E-state index in [4.69, 9.17) is 0 Å². The number of halogens is 1. The van der Waals surface area contributed by atoms with Gasteiger partial charge in [-0.1, -0.05) is 20.8 Å². The Hall–Kier alpha value is 0.140. The molecule has 0 aliphatic heterocycles. The SMILES string of the molecule is CC(C)(C)C(O)c1sccc1Br. The summed E-state index contributed by atoms with van der Waals surface area (Å²) >= 11 is 5.00. The van der Waals surface area contributed by atoms with Gasteiger partial charge in [-0.2, -0.15) is 0 Å². The Balaban J connectivity index is 2.92.